The normalized spacial score (nSPS) is 11.6. The second-order valence-corrected chi connectivity index (χ2v) is 8.99. The highest BCUT2D eigenvalue weighted by molar-refractivity contribution is 9.10. The van der Waals surface area contributed by atoms with Crippen molar-refractivity contribution in [3.8, 4) is 11.5 Å². The smallest absolute Gasteiger partial charge is 0.339 e. The van der Waals surface area contributed by atoms with Crippen molar-refractivity contribution in [2.24, 2.45) is 4.99 Å². The summed E-state index contributed by atoms with van der Waals surface area (Å²) in [7, 11) is -4.00. The lowest BCUT2D eigenvalue weighted by Crippen LogP contribution is -2.11. The molecule has 0 spiro atoms. The van der Waals surface area contributed by atoms with E-state index in [1.54, 1.807) is 36.5 Å². The Hall–Kier alpha value is -2.64. The monoisotopic (exact) mass is 487 g/mol. The minimum absolute atomic E-state index is 0.0694. The minimum Gasteiger partial charge on any atom is -0.490 e. The van der Waals surface area contributed by atoms with Crippen LogP contribution in [0.25, 0.3) is 0 Å². The number of aliphatic imine (C=N–C) groups is 1. The summed E-state index contributed by atoms with van der Waals surface area (Å²) < 4.78 is 36.8. The van der Waals surface area contributed by atoms with Gasteiger partial charge in [-0.25, -0.2) is 0 Å². The Labute approximate surface area is 185 Å². The fourth-order valence-electron chi connectivity index (χ4n) is 2.77. The number of nitrogens with zero attached hydrogens (tertiary/aromatic N) is 1. The molecule has 3 rings (SSSR count). The molecule has 0 fully saturated rings. The topological polar surface area (TPSA) is 65.0 Å². The molecule has 0 saturated heterocycles. The van der Waals surface area contributed by atoms with Crippen molar-refractivity contribution in [2.45, 2.75) is 25.7 Å². The van der Waals surface area contributed by atoms with Crippen molar-refractivity contribution >= 4 is 38.0 Å². The predicted octanol–water partition coefficient (Wildman–Crippen LogP) is 5.98. The molecule has 30 heavy (non-hydrogen) atoms. The first kappa shape index (κ1) is 22.1. The summed E-state index contributed by atoms with van der Waals surface area (Å²) in [6.45, 7) is 6.23. The van der Waals surface area contributed by atoms with Crippen molar-refractivity contribution in [1.29, 1.82) is 0 Å². The van der Waals surface area contributed by atoms with Gasteiger partial charge in [-0.3, -0.25) is 4.99 Å². The summed E-state index contributed by atoms with van der Waals surface area (Å²) in [6, 6.07) is 17.4. The van der Waals surface area contributed by atoms with Gasteiger partial charge in [0.25, 0.3) is 0 Å². The summed E-state index contributed by atoms with van der Waals surface area (Å²) in [5.74, 6) is 0.415. The minimum atomic E-state index is -4.00. The molecule has 0 unspecified atom stereocenters. The van der Waals surface area contributed by atoms with Gasteiger partial charge in [0.1, 0.15) is 4.90 Å². The van der Waals surface area contributed by atoms with Crippen LogP contribution in [0.15, 0.2) is 75.0 Å². The highest BCUT2D eigenvalue weighted by atomic mass is 79.9. The lowest BCUT2D eigenvalue weighted by Gasteiger charge is -2.14. The summed E-state index contributed by atoms with van der Waals surface area (Å²) in [4.78, 5) is 4.64. The zero-order valence-electron chi connectivity index (χ0n) is 16.9. The van der Waals surface area contributed by atoms with Gasteiger partial charge in [-0.15, -0.1) is 0 Å². The molecule has 0 aliphatic rings. The molecule has 0 bridgehead atoms. The van der Waals surface area contributed by atoms with E-state index in [4.69, 9.17) is 8.92 Å². The van der Waals surface area contributed by atoms with E-state index in [1.165, 1.54) is 12.1 Å². The number of halogens is 1. The van der Waals surface area contributed by atoms with E-state index in [0.717, 1.165) is 22.4 Å². The first-order valence-corrected chi connectivity index (χ1v) is 11.6. The van der Waals surface area contributed by atoms with Crippen molar-refractivity contribution in [1.82, 2.24) is 0 Å². The third-order valence-corrected chi connectivity index (χ3v) is 6.31. The molecule has 0 saturated carbocycles. The molecule has 0 aromatic heterocycles. The Kier molecular flexibility index (Phi) is 6.95. The van der Waals surface area contributed by atoms with E-state index in [1.807, 2.05) is 39.0 Å². The standard InChI is InChI=1S/C23H22BrNO4S/c1-4-28-22-14-18(15-25-21-12-8-9-16(2)17(21)3)13-20(24)23(22)29-30(26,27)19-10-6-5-7-11-19/h5-15H,4H2,1-3H3. The molecular formula is C23H22BrNO4S. The fourth-order valence-corrected chi connectivity index (χ4v) is 4.40. The molecule has 3 aromatic rings. The van der Waals surface area contributed by atoms with Crippen molar-refractivity contribution in [3.63, 3.8) is 0 Å². The van der Waals surface area contributed by atoms with Gasteiger partial charge in [0.05, 0.1) is 16.8 Å². The predicted molar refractivity (Wildman–Crippen MR) is 123 cm³/mol. The van der Waals surface area contributed by atoms with E-state index >= 15 is 0 Å². The van der Waals surface area contributed by atoms with E-state index in [0.29, 0.717) is 16.8 Å². The maximum atomic E-state index is 12.7. The van der Waals surface area contributed by atoms with Gasteiger partial charge in [0.2, 0.25) is 0 Å². The summed E-state index contributed by atoms with van der Waals surface area (Å²) in [5.41, 5.74) is 3.88. The van der Waals surface area contributed by atoms with Gasteiger partial charge in [-0.05, 0) is 83.7 Å². The van der Waals surface area contributed by atoms with Crippen LogP contribution in [-0.4, -0.2) is 21.2 Å². The van der Waals surface area contributed by atoms with Gasteiger partial charge in [-0.2, -0.15) is 8.42 Å². The molecule has 3 aromatic carbocycles. The average Bonchev–Trinajstić information content (AvgIpc) is 2.72. The van der Waals surface area contributed by atoms with Gasteiger partial charge in [0.15, 0.2) is 11.5 Å². The zero-order valence-corrected chi connectivity index (χ0v) is 19.3. The molecule has 0 aliphatic carbocycles. The van der Waals surface area contributed by atoms with Crippen LogP contribution in [0.1, 0.15) is 23.6 Å². The maximum Gasteiger partial charge on any atom is 0.339 e. The summed E-state index contributed by atoms with van der Waals surface area (Å²) >= 11 is 3.41. The third kappa shape index (κ3) is 5.09. The van der Waals surface area contributed by atoms with E-state index in [9.17, 15) is 8.42 Å². The largest absolute Gasteiger partial charge is 0.490 e. The van der Waals surface area contributed by atoms with Gasteiger partial charge < -0.3 is 8.92 Å². The Bertz CT molecular complexity index is 1180. The lowest BCUT2D eigenvalue weighted by atomic mass is 10.1. The van der Waals surface area contributed by atoms with Gasteiger partial charge in [-0.1, -0.05) is 30.3 Å². The SMILES string of the molecule is CCOc1cc(C=Nc2cccc(C)c2C)cc(Br)c1OS(=O)(=O)c1ccccc1. The quantitative estimate of drug-likeness (QED) is 0.303. The Balaban J connectivity index is 1.96. The van der Waals surface area contributed by atoms with Crippen LogP contribution in [0.2, 0.25) is 0 Å². The molecule has 156 valence electrons. The molecule has 5 nitrogen and oxygen atoms in total. The molecule has 7 heteroatoms. The van der Waals surface area contributed by atoms with Crippen LogP contribution in [0, 0.1) is 13.8 Å². The van der Waals surface area contributed by atoms with Crippen molar-refractivity contribution in [3.05, 3.63) is 81.8 Å². The van der Waals surface area contributed by atoms with Crippen LogP contribution < -0.4 is 8.92 Å². The number of aryl methyl sites for hydroxylation is 1. The molecule has 0 atom stereocenters. The van der Waals surface area contributed by atoms with Crippen molar-refractivity contribution in [2.75, 3.05) is 6.61 Å². The Morgan fingerprint density at radius 2 is 1.77 bits per heavy atom. The van der Waals surface area contributed by atoms with Crippen LogP contribution in [-0.2, 0) is 10.1 Å². The molecule has 0 aliphatic heterocycles. The van der Waals surface area contributed by atoms with Gasteiger partial charge in [0, 0.05) is 6.21 Å². The zero-order chi connectivity index (χ0) is 21.7. The highest BCUT2D eigenvalue weighted by Gasteiger charge is 2.22. The van der Waals surface area contributed by atoms with E-state index in [-0.39, 0.29) is 10.6 Å². The van der Waals surface area contributed by atoms with Crippen LogP contribution >= 0.6 is 15.9 Å². The number of benzene rings is 3. The van der Waals surface area contributed by atoms with E-state index < -0.39 is 10.1 Å². The molecule has 0 heterocycles. The average molecular weight is 488 g/mol. The first-order chi connectivity index (χ1) is 14.3. The maximum absolute atomic E-state index is 12.7. The number of hydrogen-bond donors (Lipinski definition) is 0. The first-order valence-electron chi connectivity index (χ1n) is 9.38. The lowest BCUT2D eigenvalue weighted by molar-refractivity contribution is 0.327. The van der Waals surface area contributed by atoms with Crippen LogP contribution in [0.4, 0.5) is 5.69 Å². The Morgan fingerprint density at radius 3 is 2.47 bits per heavy atom. The molecule has 0 amide bonds. The number of rotatable bonds is 7. The summed E-state index contributed by atoms with van der Waals surface area (Å²) in [6.07, 6.45) is 1.71. The molecular weight excluding hydrogens is 466 g/mol. The van der Waals surface area contributed by atoms with Crippen molar-refractivity contribution < 1.29 is 17.3 Å². The second kappa shape index (κ2) is 9.45. The second-order valence-electron chi connectivity index (χ2n) is 6.59. The van der Waals surface area contributed by atoms with Crippen LogP contribution in [0.3, 0.4) is 0 Å². The Morgan fingerprint density at radius 1 is 1.03 bits per heavy atom. The molecule has 0 N–H and O–H groups in total. The highest BCUT2D eigenvalue weighted by Crippen LogP contribution is 2.38. The van der Waals surface area contributed by atoms with Gasteiger partial charge >= 0.3 is 10.1 Å². The fraction of sp³-hybridized carbons (Fsp3) is 0.174. The summed E-state index contributed by atoms with van der Waals surface area (Å²) in [5, 5.41) is 0. The third-order valence-electron chi connectivity index (χ3n) is 4.49. The molecule has 0 radical (unpaired) electrons. The number of ether oxygens (including phenoxy) is 1. The van der Waals surface area contributed by atoms with Crippen LogP contribution in [0.5, 0.6) is 11.5 Å². The van der Waals surface area contributed by atoms with E-state index in [2.05, 4.69) is 20.9 Å². The number of hydrogen-bond acceptors (Lipinski definition) is 5.